The van der Waals surface area contributed by atoms with Crippen LogP contribution < -0.4 is 14.8 Å². The molecule has 3 rings (SSSR count). The van der Waals surface area contributed by atoms with Crippen LogP contribution in [0.15, 0.2) is 48.5 Å². The molecule has 1 saturated carbocycles. The van der Waals surface area contributed by atoms with Crippen LogP contribution >= 0.6 is 0 Å². The first-order valence-electron chi connectivity index (χ1n) is 8.87. The second kappa shape index (κ2) is 8.56. The van der Waals surface area contributed by atoms with Gasteiger partial charge in [-0.15, -0.1) is 0 Å². The molecule has 132 valence electrons. The van der Waals surface area contributed by atoms with E-state index in [1.54, 1.807) is 7.11 Å². The van der Waals surface area contributed by atoms with E-state index in [0.29, 0.717) is 24.7 Å². The van der Waals surface area contributed by atoms with Gasteiger partial charge in [-0.1, -0.05) is 49.2 Å². The van der Waals surface area contributed by atoms with Crippen LogP contribution in [0.5, 0.6) is 11.5 Å². The number of benzene rings is 2. The molecule has 0 bridgehead atoms. The van der Waals surface area contributed by atoms with Crippen LogP contribution in [0.1, 0.15) is 36.8 Å². The molecule has 1 amide bonds. The van der Waals surface area contributed by atoms with E-state index in [2.05, 4.69) is 5.32 Å². The zero-order valence-electron chi connectivity index (χ0n) is 14.7. The number of ether oxygens (including phenoxy) is 2. The average Bonchev–Trinajstić information content (AvgIpc) is 3.20. The van der Waals surface area contributed by atoms with E-state index in [4.69, 9.17) is 9.47 Å². The quantitative estimate of drug-likeness (QED) is 0.827. The van der Waals surface area contributed by atoms with Crippen molar-refractivity contribution in [2.75, 3.05) is 7.11 Å². The lowest BCUT2D eigenvalue weighted by Gasteiger charge is -2.14. The predicted octanol–water partition coefficient (Wildman–Crippen LogP) is 4.08. The second-order valence-electron chi connectivity index (χ2n) is 6.46. The lowest BCUT2D eigenvalue weighted by atomic mass is 10.1. The van der Waals surface area contributed by atoms with Crippen molar-refractivity contribution in [1.82, 2.24) is 5.32 Å². The van der Waals surface area contributed by atoms with Gasteiger partial charge in [0.15, 0.2) is 11.5 Å². The molecule has 0 saturated heterocycles. The summed E-state index contributed by atoms with van der Waals surface area (Å²) in [6.45, 7) is 1.01. The molecule has 0 heterocycles. The Hall–Kier alpha value is -2.49. The van der Waals surface area contributed by atoms with Crippen LogP contribution in [0.3, 0.4) is 0 Å². The van der Waals surface area contributed by atoms with Crippen molar-refractivity contribution >= 4 is 5.91 Å². The van der Waals surface area contributed by atoms with Crippen LogP contribution in [0.25, 0.3) is 0 Å². The summed E-state index contributed by atoms with van der Waals surface area (Å²) in [6, 6.07) is 15.8. The summed E-state index contributed by atoms with van der Waals surface area (Å²) in [7, 11) is 1.63. The molecule has 0 atom stereocenters. The molecule has 1 aliphatic rings. The number of carbonyl (C=O) groups is 1. The zero-order chi connectivity index (χ0) is 17.5. The maximum absolute atomic E-state index is 12.1. The highest BCUT2D eigenvalue weighted by Crippen LogP contribution is 2.29. The van der Waals surface area contributed by atoms with E-state index < -0.39 is 0 Å². The average molecular weight is 339 g/mol. The van der Waals surface area contributed by atoms with Crippen molar-refractivity contribution in [1.29, 1.82) is 0 Å². The lowest BCUT2D eigenvalue weighted by Crippen LogP contribution is -2.28. The highest BCUT2D eigenvalue weighted by Gasteiger charge is 2.22. The van der Waals surface area contributed by atoms with Gasteiger partial charge < -0.3 is 14.8 Å². The van der Waals surface area contributed by atoms with Gasteiger partial charge in [0, 0.05) is 12.5 Å². The predicted molar refractivity (Wildman–Crippen MR) is 97.6 cm³/mol. The molecule has 0 radical (unpaired) electrons. The van der Waals surface area contributed by atoms with Gasteiger partial charge in [0.05, 0.1) is 7.11 Å². The minimum Gasteiger partial charge on any atom is -0.493 e. The van der Waals surface area contributed by atoms with Crippen LogP contribution in [0, 0.1) is 5.92 Å². The van der Waals surface area contributed by atoms with Gasteiger partial charge in [-0.2, -0.15) is 0 Å². The molecule has 0 aliphatic heterocycles. The number of carbonyl (C=O) groups excluding carboxylic acids is 1. The van der Waals surface area contributed by atoms with E-state index in [1.807, 2.05) is 48.5 Å². The summed E-state index contributed by atoms with van der Waals surface area (Å²) in [6.07, 6.45) is 4.36. The van der Waals surface area contributed by atoms with Crippen molar-refractivity contribution < 1.29 is 14.3 Å². The summed E-state index contributed by atoms with van der Waals surface area (Å²) in [5.41, 5.74) is 2.12. The van der Waals surface area contributed by atoms with Crippen LogP contribution in [0.2, 0.25) is 0 Å². The van der Waals surface area contributed by atoms with Crippen molar-refractivity contribution in [3.63, 3.8) is 0 Å². The highest BCUT2D eigenvalue weighted by atomic mass is 16.5. The topological polar surface area (TPSA) is 47.6 Å². The van der Waals surface area contributed by atoms with E-state index in [-0.39, 0.29) is 11.8 Å². The van der Waals surface area contributed by atoms with Crippen molar-refractivity contribution in [2.45, 2.75) is 38.8 Å². The SMILES string of the molecule is COc1cc(CNC(=O)C2CCCC2)ccc1OCc1ccccc1. The van der Waals surface area contributed by atoms with E-state index in [0.717, 1.165) is 24.0 Å². The number of rotatable bonds is 7. The second-order valence-corrected chi connectivity index (χ2v) is 6.46. The van der Waals surface area contributed by atoms with Crippen LogP contribution in [-0.2, 0) is 17.9 Å². The first-order valence-corrected chi connectivity index (χ1v) is 8.87. The van der Waals surface area contributed by atoms with E-state index in [9.17, 15) is 4.79 Å². The summed E-state index contributed by atoms with van der Waals surface area (Å²) < 4.78 is 11.3. The number of hydrogen-bond acceptors (Lipinski definition) is 3. The first kappa shape index (κ1) is 17.3. The molecule has 2 aromatic rings. The molecule has 0 aromatic heterocycles. The first-order chi connectivity index (χ1) is 12.3. The maximum Gasteiger partial charge on any atom is 0.223 e. The fourth-order valence-electron chi connectivity index (χ4n) is 3.20. The molecule has 2 aromatic carbocycles. The van der Waals surface area contributed by atoms with Gasteiger partial charge >= 0.3 is 0 Å². The maximum atomic E-state index is 12.1. The van der Waals surface area contributed by atoms with Crippen molar-refractivity contribution in [3.8, 4) is 11.5 Å². The van der Waals surface area contributed by atoms with Crippen molar-refractivity contribution in [2.24, 2.45) is 5.92 Å². The fourth-order valence-corrected chi connectivity index (χ4v) is 3.20. The zero-order valence-corrected chi connectivity index (χ0v) is 14.7. The van der Waals surface area contributed by atoms with Gasteiger partial charge in [0.25, 0.3) is 0 Å². The van der Waals surface area contributed by atoms with E-state index in [1.165, 1.54) is 12.8 Å². The number of methoxy groups -OCH3 is 1. The summed E-state index contributed by atoms with van der Waals surface area (Å²) in [4.78, 5) is 12.1. The third-order valence-corrected chi connectivity index (χ3v) is 4.66. The molecule has 1 N–H and O–H groups in total. The molecule has 4 heteroatoms. The summed E-state index contributed by atoms with van der Waals surface area (Å²) in [5, 5.41) is 3.03. The highest BCUT2D eigenvalue weighted by molar-refractivity contribution is 5.78. The van der Waals surface area contributed by atoms with E-state index >= 15 is 0 Å². The summed E-state index contributed by atoms with van der Waals surface area (Å²) >= 11 is 0. The normalized spacial score (nSPS) is 14.3. The third kappa shape index (κ3) is 4.75. The van der Waals surface area contributed by atoms with Crippen molar-refractivity contribution in [3.05, 3.63) is 59.7 Å². The Bertz CT molecular complexity index is 694. The van der Waals surface area contributed by atoms with Gasteiger partial charge in [0.1, 0.15) is 6.61 Å². The molecular weight excluding hydrogens is 314 g/mol. The monoisotopic (exact) mass is 339 g/mol. The largest absolute Gasteiger partial charge is 0.493 e. The Balaban J connectivity index is 1.58. The Labute approximate surface area is 149 Å². The molecule has 1 aliphatic carbocycles. The molecule has 0 unspecified atom stereocenters. The van der Waals surface area contributed by atoms with Gasteiger partial charge in [0.2, 0.25) is 5.91 Å². The van der Waals surface area contributed by atoms with Gasteiger partial charge in [-0.25, -0.2) is 0 Å². The Kier molecular flexibility index (Phi) is 5.94. The fraction of sp³-hybridized carbons (Fsp3) is 0.381. The molecule has 0 spiro atoms. The lowest BCUT2D eigenvalue weighted by molar-refractivity contribution is -0.124. The van der Waals surface area contributed by atoms with Gasteiger partial charge in [-0.3, -0.25) is 4.79 Å². The molecule has 25 heavy (non-hydrogen) atoms. The Morgan fingerprint density at radius 3 is 2.52 bits per heavy atom. The smallest absolute Gasteiger partial charge is 0.223 e. The van der Waals surface area contributed by atoms with Crippen LogP contribution in [0.4, 0.5) is 0 Å². The standard InChI is InChI=1S/C21H25NO3/c1-24-20-13-17(14-22-21(23)18-9-5-6-10-18)11-12-19(20)25-15-16-7-3-2-4-8-16/h2-4,7-8,11-13,18H,5-6,9-10,14-15H2,1H3,(H,22,23). The van der Waals surface area contributed by atoms with Crippen LogP contribution in [-0.4, -0.2) is 13.0 Å². The number of hydrogen-bond donors (Lipinski definition) is 1. The molecule has 1 fully saturated rings. The number of nitrogens with one attached hydrogen (secondary N) is 1. The minimum atomic E-state index is 0.167. The summed E-state index contributed by atoms with van der Waals surface area (Å²) in [5.74, 6) is 1.75. The molecule has 4 nitrogen and oxygen atoms in total. The minimum absolute atomic E-state index is 0.167. The third-order valence-electron chi connectivity index (χ3n) is 4.66. The Morgan fingerprint density at radius 2 is 1.80 bits per heavy atom. The number of amides is 1. The van der Waals surface area contributed by atoms with Gasteiger partial charge in [-0.05, 0) is 36.1 Å². The Morgan fingerprint density at radius 1 is 1.04 bits per heavy atom. The molecular formula is C21H25NO3.